The van der Waals surface area contributed by atoms with Crippen LogP contribution in [-0.4, -0.2) is 18.4 Å². The Morgan fingerprint density at radius 3 is 2.63 bits per heavy atom. The fourth-order valence-electron chi connectivity index (χ4n) is 1.27. The van der Waals surface area contributed by atoms with Gasteiger partial charge in [0.1, 0.15) is 22.3 Å². The zero-order chi connectivity index (χ0) is 14.0. The monoisotopic (exact) mass is 305 g/mol. The van der Waals surface area contributed by atoms with Gasteiger partial charge in [-0.05, 0) is 35.9 Å². The van der Waals surface area contributed by atoms with Crippen molar-refractivity contribution in [1.82, 2.24) is 9.97 Å². The molecule has 5 nitrogen and oxygen atoms in total. The number of hydrogen-bond acceptors (Lipinski definition) is 4. The summed E-state index contributed by atoms with van der Waals surface area (Å²) >= 11 is 5.49. The lowest BCUT2D eigenvalue weighted by atomic mass is 10.3. The predicted octanol–water partition coefficient (Wildman–Crippen LogP) is 2.21. The number of sulfonamides is 1. The highest BCUT2D eigenvalue weighted by Crippen LogP contribution is 2.19. The van der Waals surface area contributed by atoms with E-state index in [2.05, 4.69) is 9.97 Å². The Labute approximate surface area is 112 Å². The van der Waals surface area contributed by atoms with Gasteiger partial charge in [0.25, 0.3) is 10.0 Å². The van der Waals surface area contributed by atoms with Gasteiger partial charge in [-0.1, -0.05) is 0 Å². The molecule has 0 amide bonds. The van der Waals surface area contributed by atoms with Crippen LogP contribution in [0.3, 0.4) is 0 Å². The largest absolute Gasteiger partial charge is 0.266 e. The molecule has 0 spiro atoms. The van der Waals surface area contributed by atoms with Crippen LogP contribution in [0, 0.1) is 11.6 Å². The van der Waals surface area contributed by atoms with Crippen molar-refractivity contribution < 1.29 is 17.2 Å². The van der Waals surface area contributed by atoms with Crippen LogP contribution in [0.4, 0.5) is 14.6 Å². The van der Waals surface area contributed by atoms with Gasteiger partial charge in [-0.25, -0.2) is 22.2 Å². The highest BCUT2D eigenvalue weighted by Gasteiger charge is 2.20. The van der Waals surface area contributed by atoms with Gasteiger partial charge in [-0.3, -0.25) is 4.72 Å². The summed E-state index contributed by atoms with van der Waals surface area (Å²) in [6.07, 6.45) is 1.22. The van der Waals surface area contributed by atoms with Crippen LogP contribution in [0.2, 0.25) is 5.28 Å². The van der Waals surface area contributed by atoms with Crippen LogP contribution in [0.5, 0.6) is 0 Å². The lowest BCUT2D eigenvalue weighted by molar-refractivity contribution is 0.555. The lowest BCUT2D eigenvalue weighted by Gasteiger charge is -2.08. The van der Waals surface area contributed by atoms with Crippen molar-refractivity contribution in [1.29, 1.82) is 0 Å². The Kier molecular flexibility index (Phi) is 3.63. The number of nitrogens with zero attached hydrogens (tertiary/aromatic N) is 2. The molecule has 1 heterocycles. The third kappa shape index (κ3) is 3.15. The summed E-state index contributed by atoms with van der Waals surface area (Å²) in [5, 5.41) is -0.181. The second-order valence-corrected chi connectivity index (χ2v) is 5.38. The van der Waals surface area contributed by atoms with E-state index in [0.717, 1.165) is 12.1 Å². The van der Waals surface area contributed by atoms with Gasteiger partial charge in [0.05, 0.1) is 0 Å². The van der Waals surface area contributed by atoms with Gasteiger partial charge in [0.2, 0.25) is 5.28 Å². The molecule has 2 aromatic rings. The third-order valence-corrected chi connectivity index (χ3v) is 3.60. The Hall–Kier alpha value is -1.80. The lowest BCUT2D eigenvalue weighted by Crippen LogP contribution is -2.15. The van der Waals surface area contributed by atoms with E-state index in [-0.39, 0.29) is 11.1 Å². The molecule has 100 valence electrons. The Balaban J connectivity index is 2.40. The molecule has 9 heteroatoms. The Morgan fingerprint density at radius 1 is 1.21 bits per heavy atom. The zero-order valence-corrected chi connectivity index (χ0v) is 10.7. The van der Waals surface area contributed by atoms with Crippen molar-refractivity contribution in [3.63, 3.8) is 0 Å². The molecule has 0 aliphatic carbocycles. The van der Waals surface area contributed by atoms with Gasteiger partial charge >= 0.3 is 0 Å². The maximum Gasteiger partial charge on any atom is 0.266 e. The van der Waals surface area contributed by atoms with E-state index < -0.39 is 26.6 Å². The van der Waals surface area contributed by atoms with E-state index in [0.29, 0.717) is 6.07 Å². The molecule has 0 aliphatic rings. The van der Waals surface area contributed by atoms with Gasteiger partial charge in [-0.2, -0.15) is 4.98 Å². The fraction of sp³-hybridized carbons (Fsp3) is 0. The average molecular weight is 306 g/mol. The predicted molar refractivity (Wildman–Crippen MR) is 64.2 cm³/mol. The van der Waals surface area contributed by atoms with Crippen LogP contribution in [0.25, 0.3) is 0 Å². The molecule has 0 bridgehead atoms. The van der Waals surface area contributed by atoms with Gasteiger partial charge in [0.15, 0.2) is 0 Å². The van der Waals surface area contributed by atoms with E-state index >= 15 is 0 Å². The van der Waals surface area contributed by atoms with E-state index in [1.54, 1.807) is 0 Å². The number of halogens is 3. The Morgan fingerprint density at radius 2 is 1.95 bits per heavy atom. The van der Waals surface area contributed by atoms with Crippen molar-refractivity contribution in [2.45, 2.75) is 4.90 Å². The minimum Gasteiger partial charge on any atom is -0.263 e. The first-order valence-electron chi connectivity index (χ1n) is 4.85. The first kappa shape index (κ1) is 13.6. The van der Waals surface area contributed by atoms with Crippen molar-refractivity contribution >= 4 is 27.4 Å². The standard InChI is InChI=1S/C10H6ClF2N3O2S/c11-10-14-4-3-9(15-10)16-19(17,18)8-5-6(12)1-2-7(8)13/h1-5H,(H,14,15,16). The van der Waals surface area contributed by atoms with E-state index in [9.17, 15) is 17.2 Å². The summed E-state index contributed by atoms with van der Waals surface area (Å²) in [4.78, 5) is 6.33. The van der Waals surface area contributed by atoms with E-state index in [4.69, 9.17) is 11.6 Å². The number of nitrogens with one attached hydrogen (secondary N) is 1. The number of aromatic nitrogens is 2. The van der Waals surface area contributed by atoms with Crippen LogP contribution >= 0.6 is 11.6 Å². The van der Waals surface area contributed by atoms with Crippen LogP contribution < -0.4 is 4.72 Å². The van der Waals surface area contributed by atoms with E-state index in [1.165, 1.54) is 12.3 Å². The summed E-state index contributed by atoms with van der Waals surface area (Å²) < 4.78 is 52.1. The SMILES string of the molecule is O=S(=O)(Nc1ccnc(Cl)n1)c1cc(F)ccc1F. The minimum absolute atomic E-state index is 0.149. The van der Waals surface area contributed by atoms with Crippen molar-refractivity contribution in [2.24, 2.45) is 0 Å². The molecular weight excluding hydrogens is 300 g/mol. The highest BCUT2D eigenvalue weighted by molar-refractivity contribution is 7.92. The second-order valence-electron chi connectivity index (χ2n) is 3.39. The first-order chi connectivity index (χ1) is 8.88. The van der Waals surface area contributed by atoms with E-state index in [1.807, 2.05) is 4.72 Å². The first-order valence-corrected chi connectivity index (χ1v) is 6.71. The maximum absolute atomic E-state index is 13.4. The van der Waals surface area contributed by atoms with Crippen molar-refractivity contribution in [3.05, 3.63) is 47.4 Å². The fourth-order valence-corrected chi connectivity index (χ4v) is 2.51. The molecular formula is C10H6ClF2N3O2S. The molecule has 19 heavy (non-hydrogen) atoms. The van der Waals surface area contributed by atoms with Gasteiger partial charge in [-0.15, -0.1) is 0 Å². The molecule has 0 saturated heterocycles. The summed E-state index contributed by atoms with van der Waals surface area (Å²) in [6.45, 7) is 0. The highest BCUT2D eigenvalue weighted by atomic mass is 35.5. The van der Waals surface area contributed by atoms with Crippen LogP contribution in [-0.2, 0) is 10.0 Å². The molecule has 0 saturated carbocycles. The number of benzene rings is 1. The summed E-state index contributed by atoms with van der Waals surface area (Å²) in [5.41, 5.74) is 0. The van der Waals surface area contributed by atoms with Crippen molar-refractivity contribution in [3.8, 4) is 0 Å². The maximum atomic E-state index is 13.4. The number of rotatable bonds is 3. The Bertz CT molecular complexity index is 724. The normalized spacial score (nSPS) is 11.3. The third-order valence-electron chi connectivity index (χ3n) is 2.05. The summed E-state index contributed by atoms with van der Waals surface area (Å²) in [7, 11) is -4.30. The van der Waals surface area contributed by atoms with Crippen LogP contribution in [0.1, 0.15) is 0 Å². The molecule has 1 N–H and O–H groups in total. The minimum atomic E-state index is -4.30. The quantitative estimate of drug-likeness (QED) is 0.883. The van der Waals surface area contributed by atoms with Crippen molar-refractivity contribution in [2.75, 3.05) is 4.72 Å². The molecule has 0 aliphatic heterocycles. The molecule has 1 aromatic heterocycles. The average Bonchev–Trinajstić information content (AvgIpc) is 2.31. The zero-order valence-electron chi connectivity index (χ0n) is 9.14. The molecule has 0 unspecified atom stereocenters. The smallest absolute Gasteiger partial charge is 0.263 e. The molecule has 2 rings (SSSR count). The molecule has 0 radical (unpaired) electrons. The summed E-state index contributed by atoms with van der Waals surface area (Å²) in [5.74, 6) is -2.10. The van der Waals surface area contributed by atoms with Crippen LogP contribution in [0.15, 0.2) is 35.4 Å². The molecule has 0 atom stereocenters. The summed E-state index contributed by atoms with van der Waals surface area (Å²) in [6, 6.07) is 3.33. The molecule has 0 fully saturated rings. The number of anilines is 1. The van der Waals surface area contributed by atoms with Gasteiger partial charge < -0.3 is 0 Å². The van der Waals surface area contributed by atoms with Gasteiger partial charge in [0, 0.05) is 6.20 Å². The topological polar surface area (TPSA) is 72.0 Å². The number of hydrogen-bond donors (Lipinski definition) is 1. The second kappa shape index (κ2) is 5.06. The molecule has 1 aromatic carbocycles.